The molecule has 0 aliphatic carbocycles. The summed E-state index contributed by atoms with van der Waals surface area (Å²) in [6.07, 6.45) is 0. The molecule has 0 aliphatic rings. The number of benzene rings is 5. The zero-order valence-corrected chi connectivity index (χ0v) is 26.2. The summed E-state index contributed by atoms with van der Waals surface area (Å²) in [5.74, 6) is 0. The Morgan fingerprint density at radius 3 is 1.11 bits per heavy atom. The molecule has 0 saturated carbocycles. The maximum absolute atomic E-state index is 2.24. The third kappa shape index (κ3) is 10.9. The van der Waals surface area contributed by atoms with Gasteiger partial charge >= 0.3 is 0 Å². The monoisotopic (exact) mass is 508 g/mol. The SMILES string of the molecule is CC.CC.CC.Cc1cc2ccccc2cc1C.Cc1ccc2ccccc2c1C.Cc1ccccc1C. The maximum atomic E-state index is 2.24. The molecule has 204 valence electrons. The molecule has 5 rings (SSSR count). The van der Waals surface area contributed by atoms with E-state index >= 15 is 0 Å². The van der Waals surface area contributed by atoms with E-state index in [0.29, 0.717) is 0 Å². The Kier molecular flexibility index (Phi) is 17.9. The molecule has 0 heteroatoms. The summed E-state index contributed by atoms with van der Waals surface area (Å²) < 4.78 is 0. The van der Waals surface area contributed by atoms with Crippen LogP contribution in [0.25, 0.3) is 21.5 Å². The highest BCUT2D eigenvalue weighted by Gasteiger charge is 1.97. The van der Waals surface area contributed by atoms with Gasteiger partial charge in [0, 0.05) is 0 Å². The summed E-state index contributed by atoms with van der Waals surface area (Å²) in [6, 6.07) is 34.2. The number of rotatable bonds is 0. The molecule has 0 atom stereocenters. The van der Waals surface area contributed by atoms with Crippen LogP contribution >= 0.6 is 0 Å². The fourth-order valence-electron chi connectivity index (χ4n) is 3.67. The largest absolute Gasteiger partial charge is 0.0683 e. The molecule has 0 N–H and O–H groups in total. The third-order valence-electron chi connectivity index (χ3n) is 6.26. The van der Waals surface area contributed by atoms with Crippen LogP contribution in [-0.4, -0.2) is 0 Å². The molecule has 0 spiro atoms. The number of aryl methyl sites for hydroxylation is 6. The highest BCUT2D eigenvalue weighted by molar-refractivity contribution is 5.86. The van der Waals surface area contributed by atoms with Crippen LogP contribution in [-0.2, 0) is 0 Å². The Balaban J connectivity index is 0.000000499. The van der Waals surface area contributed by atoms with Gasteiger partial charge in [0.15, 0.2) is 0 Å². The van der Waals surface area contributed by atoms with Gasteiger partial charge in [-0.3, -0.25) is 0 Å². The highest BCUT2D eigenvalue weighted by atomic mass is 14.0. The lowest BCUT2D eigenvalue weighted by Gasteiger charge is -2.04. The van der Waals surface area contributed by atoms with Gasteiger partial charge in [-0.25, -0.2) is 0 Å². The van der Waals surface area contributed by atoms with Crippen LogP contribution in [0.15, 0.2) is 97.1 Å². The number of hydrogen-bond acceptors (Lipinski definition) is 0. The fraction of sp³-hybridized carbons (Fsp3) is 0.316. The van der Waals surface area contributed by atoms with Gasteiger partial charge < -0.3 is 0 Å². The van der Waals surface area contributed by atoms with Gasteiger partial charge in [0.2, 0.25) is 0 Å². The molecular formula is C38H52. The van der Waals surface area contributed by atoms with Crippen molar-refractivity contribution in [2.24, 2.45) is 0 Å². The molecule has 0 aliphatic heterocycles. The van der Waals surface area contributed by atoms with Crippen LogP contribution in [0.1, 0.15) is 74.9 Å². The Hall–Kier alpha value is -3.38. The quantitative estimate of drug-likeness (QED) is 0.195. The van der Waals surface area contributed by atoms with E-state index in [0.717, 1.165) is 0 Å². The van der Waals surface area contributed by atoms with Gasteiger partial charge in [0.25, 0.3) is 0 Å². The van der Waals surface area contributed by atoms with Crippen molar-refractivity contribution in [1.29, 1.82) is 0 Å². The number of fused-ring (bicyclic) bond motifs is 2. The second-order valence-corrected chi connectivity index (χ2v) is 8.60. The lowest BCUT2D eigenvalue weighted by molar-refractivity contribution is 1.34. The first-order chi connectivity index (χ1) is 18.4. The van der Waals surface area contributed by atoms with Crippen LogP contribution in [0.5, 0.6) is 0 Å². The van der Waals surface area contributed by atoms with Gasteiger partial charge in [-0.2, -0.15) is 0 Å². The Morgan fingerprint density at radius 2 is 0.684 bits per heavy atom. The topological polar surface area (TPSA) is 0 Å². The van der Waals surface area contributed by atoms with Crippen molar-refractivity contribution in [1.82, 2.24) is 0 Å². The second-order valence-electron chi connectivity index (χ2n) is 8.60. The summed E-state index contributed by atoms with van der Waals surface area (Å²) in [7, 11) is 0. The lowest BCUT2D eigenvalue weighted by Crippen LogP contribution is -1.82. The van der Waals surface area contributed by atoms with Gasteiger partial charge in [-0.05, 0) is 96.5 Å². The molecule has 0 nitrogen and oxygen atoms in total. The fourth-order valence-corrected chi connectivity index (χ4v) is 3.67. The van der Waals surface area contributed by atoms with Crippen molar-refractivity contribution in [3.63, 3.8) is 0 Å². The summed E-state index contributed by atoms with van der Waals surface area (Å²) in [4.78, 5) is 0. The van der Waals surface area contributed by atoms with Crippen molar-refractivity contribution in [2.45, 2.75) is 83.1 Å². The van der Waals surface area contributed by atoms with Crippen LogP contribution in [0.4, 0.5) is 0 Å². The van der Waals surface area contributed by atoms with Gasteiger partial charge in [0.05, 0.1) is 0 Å². The highest BCUT2D eigenvalue weighted by Crippen LogP contribution is 2.20. The average molecular weight is 509 g/mol. The first kappa shape index (κ1) is 34.6. The Labute approximate surface area is 234 Å². The van der Waals surface area contributed by atoms with E-state index in [1.807, 2.05) is 41.5 Å². The predicted molar refractivity (Wildman–Crippen MR) is 177 cm³/mol. The molecule has 0 fully saturated rings. The van der Waals surface area contributed by atoms with Gasteiger partial charge in [0.1, 0.15) is 0 Å². The average Bonchev–Trinajstić information content (AvgIpc) is 2.97. The molecule has 5 aromatic carbocycles. The van der Waals surface area contributed by atoms with E-state index in [4.69, 9.17) is 0 Å². The van der Waals surface area contributed by atoms with Crippen molar-refractivity contribution in [3.05, 3.63) is 130 Å². The van der Waals surface area contributed by atoms with Crippen molar-refractivity contribution < 1.29 is 0 Å². The normalized spacial score (nSPS) is 9.05. The minimum absolute atomic E-state index is 1.33. The lowest BCUT2D eigenvalue weighted by atomic mass is 10.0. The van der Waals surface area contributed by atoms with Gasteiger partial charge in [-0.15, -0.1) is 0 Å². The Morgan fingerprint density at radius 1 is 0.316 bits per heavy atom. The van der Waals surface area contributed by atoms with Crippen LogP contribution in [0, 0.1) is 41.5 Å². The molecular weight excluding hydrogens is 456 g/mol. The minimum atomic E-state index is 1.33. The molecule has 38 heavy (non-hydrogen) atoms. The standard InChI is InChI=1S/2C12H12.C8H10.3C2H6/c1-9-7-11-5-3-4-6-12(11)8-10(9)2;1-9-7-8-11-5-3-4-6-12(11)10(9)2;1-7-5-3-4-6-8(7)2;3*1-2/h2*3-8H,1-2H3;3-6H,1-2H3;3*1-2H3. The van der Waals surface area contributed by atoms with E-state index in [-0.39, 0.29) is 0 Å². The summed E-state index contributed by atoms with van der Waals surface area (Å²) in [5.41, 5.74) is 8.24. The van der Waals surface area contributed by atoms with E-state index in [9.17, 15) is 0 Å². The molecule has 0 heterocycles. The first-order valence-electron chi connectivity index (χ1n) is 14.3. The summed E-state index contributed by atoms with van der Waals surface area (Å²) in [5, 5.41) is 5.37. The van der Waals surface area contributed by atoms with Crippen molar-refractivity contribution >= 4 is 21.5 Å². The Bertz CT molecular complexity index is 1260. The maximum Gasteiger partial charge on any atom is -0.0152 e. The molecule has 0 aromatic heterocycles. The van der Waals surface area contributed by atoms with E-state index in [1.54, 1.807) is 0 Å². The van der Waals surface area contributed by atoms with E-state index in [1.165, 1.54) is 54.9 Å². The van der Waals surface area contributed by atoms with E-state index < -0.39 is 0 Å². The smallest absolute Gasteiger partial charge is 0.0152 e. The van der Waals surface area contributed by atoms with Gasteiger partial charge in [-0.1, -0.05) is 139 Å². The molecule has 0 saturated heterocycles. The zero-order chi connectivity index (χ0) is 29.1. The molecule has 0 bridgehead atoms. The zero-order valence-electron chi connectivity index (χ0n) is 26.2. The predicted octanol–water partition coefficient (Wildman–Crippen LogP) is 12.3. The van der Waals surface area contributed by atoms with Crippen molar-refractivity contribution in [3.8, 4) is 0 Å². The van der Waals surface area contributed by atoms with E-state index in [2.05, 4.69) is 139 Å². The van der Waals surface area contributed by atoms with Crippen LogP contribution in [0.3, 0.4) is 0 Å². The third-order valence-corrected chi connectivity index (χ3v) is 6.26. The van der Waals surface area contributed by atoms with Crippen LogP contribution < -0.4 is 0 Å². The molecule has 0 unspecified atom stereocenters. The summed E-state index contributed by atoms with van der Waals surface area (Å²) in [6.45, 7) is 24.9. The number of hydrogen-bond donors (Lipinski definition) is 0. The minimum Gasteiger partial charge on any atom is -0.0683 e. The second kappa shape index (κ2) is 19.7. The molecule has 0 radical (unpaired) electrons. The summed E-state index contributed by atoms with van der Waals surface area (Å²) >= 11 is 0. The van der Waals surface area contributed by atoms with Crippen molar-refractivity contribution in [2.75, 3.05) is 0 Å². The van der Waals surface area contributed by atoms with Crippen LogP contribution in [0.2, 0.25) is 0 Å². The molecule has 0 amide bonds. The first-order valence-corrected chi connectivity index (χ1v) is 14.3. The molecule has 5 aromatic rings.